The highest BCUT2D eigenvalue weighted by atomic mass is 32.1. The summed E-state index contributed by atoms with van der Waals surface area (Å²) in [5.41, 5.74) is 7.84. The van der Waals surface area contributed by atoms with Gasteiger partial charge in [0.2, 0.25) is 0 Å². The molecule has 3 rings (SSSR count). The Hall–Kier alpha value is -2.18. The lowest BCUT2D eigenvalue weighted by atomic mass is 10.2. The SMILES string of the molecule is CCCn1ccc2ccc(NC(=O)c3csc(CN)n3)cc21. The van der Waals surface area contributed by atoms with E-state index in [4.69, 9.17) is 5.73 Å². The predicted octanol–water partition coefficient (Wildman–Crippen LogP) is 3.22. The van der Waals surface area contributed by atoms with E-state index in [1.807, 2.05) is 18.2 Å². The number of fused-ring (bicyclic) bond motifs is 1. The van der Waals surface area contributed by atoms with Gasteiger partial charge in [0.15, 0.2) is 0 Å². The molecule has 0 atom stereocenters. The van der Waals surface area contributed by atoms with Crippen molar-refractivity contribution in [3.05, 3.63) is 46.5 Å². The Morgan fingerprint density at radius 2 is 2.27 bits per heavy atom. The summed E-state index contributed by atoms with van der Waals surface area (Å²) in [6.07, 6.45) is 3.15. The molecule has 2 heterocycles. The maximum Gasteiger partial charge on any atom is 0.275 e. The van der Waals surface area contributed by atoms with Gasteiger partial charge in [0.25, 0.3) is 5.91 Å². The van der Waals surface area contributed by atoms with Crippen molar-refractivity contribution in [1.82, 2.24) is 9.55 Å². The standard InChI is InChI=1S/C16H18N4OS/c1-2-6-20-7-5-11-3-4-12(8-14(11)20)18-16(21)13-10-22-15(9-17)19-13/h3-5,7-8,10H,2,6,9,17H2,1H3,(H,18,21). The van der Waals surface area contributed by atoms with Crippen LogP contribution < -0.4 is 11.1 Å². The number of carbonyl (C=O) groups is 1. The lowest BCUT2D eigenvalue weighted by molar-refractivity contribution is 0.102. The Morgan fingerprint density at radius 3 is 3.00 bits per heavy atom. The zero-order valence-electron chi connectivity index (χ0n) is 12.4. The number of nitrogens with two attached hydrogens (primary N) is 1. The minimum atomic E-state index is -0.205. The monoisotopic (exact) mass is 314 g/mol. The van der Waals surface area contributed by atoms with E-state index in [-0.39, 0.29) is 5.91 Å². The lowest BCUT2D eigenvalue weighted by Gasteiger charge is -2.06. The smallest absolute Gasteiger partial charge is 0.275 e. The molecule has 0 aliphatic heterocycles. The average molecular weight is 314 g/mol. The van der Waals surface area contributed by atoms with Crippen molar-refractivity contribution >= 4 is 33.8 Å². The third-order valence-corrected chi connectivity index (χ3v) is 4.33. The number of thiazole rings is 1. The molecular formula is C16H18N4OS. The second kappa shape index (κ2) is 6.29. The molecule has 5 nitrogen and oxygen atoms in total. The molecule has 0 spiro atoms. The van der Waals surface area contributed by atoms with Crippen LogP contribution in [-0.4, -0.2) is 15.5 Å². The van der Waals surface area contributed by atoms with E-state index in [0.717, 1.165) is 29.2 Å². The number of nitrogens with one attached hydrogen (secondary N) is 1. The molecular weight excluding hydrogens is 296 g/mol. The summed E-state index contributed by atoms with van der Waals surface area (Å²) in [5.74, 6) is -0.205. The van der Waals surface area contributed by atoms with E-state index >= 15 is 0 Å². The number of aryl methyl sites for hydroxylation is 1. The summed E-state index contributed by atoms with van der Waals surface area (Å²) < 4.78 is 2.19. The van der Waals surface area contributed by atoms with E-state index < -0.39 is 0 Å². The summed E-state index contributed by atoms with van der Waals surface area (Å²) in [7, 11) is 0. The molecule has 6 heteroatoms. The number of rotatable bonds is 5. The third-order valence-electron chi connectivity index (χ3n) is 3.46. The second-order valence-corrected chi connectivity index (χ2v) is 6.01. The molecule has 3 N–H and O–H groups in total. The van der Waals surface area contributed by atoms with Crippen LogP contribution in [0.3, 0.4) is 0 Å². The number of carbonyl (C=O) groups excluding carboxylic acids is 1. The summed E-state index contributed by atoms with van der Waals surface area (Å²) in [5, 5.41) is 6.56. The molecule has 1 amide bonds. The van der Waals surface area contributed by atoms with Crippen LogP contribution >= 0.6 is 11.3 Å². The highest BCUT2D eigenvalue weighted by Gasteiger charge is 2.11. The fourth-order valence-corrected chi connectivity index (χ4v) is 3.06. The van der Waals surface area contributed by atoms with Crippen LogP contribution in [0.2, 0.25) is 0 Å². The lowest BCUT2D eigenvalue weighted by Crippen LogP contribution is -2.12. The van der Waals surface area contributed by atoms with Crippen molar-refractivity contribution < 1.29 is 4.79 Å². The maximum absolute atomic E-state index is 12.2. The fourth-order valence-electron chi connectivity index (χ4n) is 2.40. The first kappa shape index (κ1) is 14.7. The molecule has 0 saturated heterocycles. The minimum Gasteiger partial charge on any atom is -0.347 e. The molecule has 0 fully saturated rings. The molecule has 0 aliphatic rings. The van der Waals surface area contributed by atoms with E-state index in [0.29, 0.717) is 12.2 Å². The van der Waals surface area contributed by atoms with Crippen LogP contribution in [0.25, 0.3) is 10.9 Å². The van der Waals surface area contributed by atoms with Crippen LogP contribution in [-0.2, 0) is 13.1 Å². The van der Waals surface area contributed by atoms with Gasteiger partial charge in [-0.15, -0.1) is 11.3 Å². The van der Waals surface area contributed by atoms with Crippen LogP contribution in [0.15, 0.2) is 35.8 Å². The van der Waals surface area contributed by atoms with Gasteiger partial charge < -0.3 is 15.6 Å². The summed E-state index contributed by atoms with van der Waals surface area (Å²) >= 11 is 1.40. The normalized spacial score (nSPS) is 11.0. The van der Waals surface area contributed by atoms with Gasteiger partial charge in [-0.2, -0.15) is 0 Å². The first-order valence-electron chi connectivity index (χ1n) is 7.26. The number of amides is 1. The molecule has 0 saturated carbocycles. The minimum absolute atomic E-state index is 0.205. The number of hydrogen-bond acceptors (Lipinski definition) is 4. The topological polar surface area (TPSA) is 72.9 Å². The van der Waals surface area contributed by atoms with Crippen molar-refractivity contribution in [2.24, 2.45) is 5.73 Å². The largest absolute Gasteiger partial charge is 0.347 e. The van der Waals surface area contributed by atoms with Gasteiger partial charge in [-0.1, -0.05) is 13.0 Å². The van der Waals surface area contributed by atoms with Crippen molar-refractivity contribution in [2.45, 2.75) is 26.4 Å². The molecule has 114 valence electrons. The third kappa shape index (κ3) is 2.88. The zero-order valence-corrected chi connectivity index (χ0v) is 13.2. The van der Waals surface area contributed by atoms with Gasteiger partial charge in [-0.25, -0.2) is 4.98 Å². The van der Waals surface area contributed by atoms with E-state index in [2.05, 4.69) is 34.1 Å². The molecule has 0 radical (unpaired) electrons. The first-order valence-corrected chi connectivity index (χ1v) is 8.14. The van der Waals surface area contributed by atoms with Crippen molar-refractivity contribution in [3.63, 3.8) is 0 Å². The zero-order chi connectivity index (χ0) is 15.5. The first-order chi connectivity index (χ1) is 10.7. The van der Waals surface area contributed by atoms with Gasteiger partial charge in [-0.05, 0) is 30.0 Å². The summed E-state index contributed by atoms with van der Waals surface area (Å²) in [6, 6.07) is 8.01. The molecule has 22 heavy (non-hydrogen) atoms. The van der Waals surface area contributed by atoms with Gasteiger partial charge in [0.05, 0.1) is 5.52 Å². The Balaban J connectivity index is 1.83. The average Bonchev–Trinajstić information content (AvgIpc) is 3.15. The quantitative estimate of drug-likeness (QED) is 0.759. The van der Waals surface area contributed by atoms with Crippen molar-refractivity contribution in [2.75, 3.05) is 5.32 Å². The van der Waals surface area contributed by atoms with Crippen LogP contribution in [0.4, 0.5) is 5.69 Å². The maximum atomic E-state index is 12.2. The molecule has 3 aromatic rings. The van der Waals surface area contributed by atoms with Gasteiger partial charge in [-0.3, -0.25) is 4.79 Å². The van der Waals surface area contributed by atoms with Gasteiger partial charge in [0, 0.05) is 30.4 Å². The Kier molecular flexibility index (Phi) is 4.22. The number of benzene rings is 1. The predicted molar refractivity (Wildman–Crippen MR) is 90.2 cm³/mol. The van der Waals surface area contributed by atoms with E-state index in [9.17, 15) is 4.79 Å². The van der Waals surface area contributed by atoms with Crippen LogP contribution in [0.5, 0.6) is 0 Å². The fraction of sp³-hybridized carbons (Fsp3) is 0.250. The highest BCUT2D eigenvalue weighted by Crippen LogP contribution is 2.21. The summed E-state index contributed by atoms with van der Waals surface area (Å²) in [6.45, 7) is 3.47. The van der Waals surface area contributed by atoms with Gasteiger partial charge in [0.1, 0.15) is 10.7 Å². The Morgan fingerprint density at radius 1 is 1.41 bits per heavy atom. The van der Waals surface area contributed by atoms with Crippen LogP contribution in [0.1, 0.15) is 28.8 Å². The number of nitrogens with zero attached hydrogens (tertiary/aromatic N) is 2. The number of hydrogen-bond donors (Lipinski definition) is 2. The van der Waals surface area contributed by atoms with E-state index in [1.165, 1.54) is 16.7 Å². The number of anilines is 1. The second-order valence-electron chi connectivity index (χ2n) is 5.07. The Bertz CT molecular complexity index is 805. The number of aromatic nitrogens is 2. The van der Waals surface area contributed by atoms with E-state index in [1.54, 1.807) is 5.38 Å². The molecule has 2 aromatic heterocycles. The highest BCUT2D eigenvalue weighted by molar-refractivity contribution is 7.09. The van der Waals surface area contributed by atoms with Crippen molar-refractivity contribution in [3.8, 4) is 0 Å². The molecule has 1 aromatic carbocycles. The van der Waals surface area contributed by atoms with Crippen molar-refractivity contribution in [1.29, 1.82) is 0 Å². The molecule has 0 aliphatic carbocycles. The van der Waals surface area contributed by atoms with Crippen LogP contribution in [0, 0.1) is 0 Å². The molecule has 0 unspecified atom stereocenters. The van der Waals surface area contributed by atoms with Gasteiger partial charge >= 0.3 is 0 Å². The summed E-state index contributed by atoms with van der Waals surface area (Å²) in [4.78, 5) is 16.4. The molecule has 0 bridgehead atoms. The Labute approximate surface area is 132 Å².